The number of anilines is 1. The average molecular weight is 290 g/mol. The third-order valence-electron chi connectivity index (χ3n) is 3.94. The minimum atomic E-state index is -0.383. The molecule has 0 saturated carbocycles. The molecule has 1 unspecified atom stereocenters. The fourth-order valence-corrected chi connectivity index (χ4v) is 2.39. The summed E-state index contributed by atoms with van der Waals surface area (Å²) in [5.74, 6) is -0.525. The standard InChI is InChI=1S/C17H20F2N2/c1-17(12-20,11-13-4-3-5-15(19)10-13)21(2)16-8-6-14(18)7-9-16/h3-10H,11-12,20H2,1-2H3. The third-order valence-corrected chi connectivity index (χ3v) is 3.94. The molecule has 0 amide bonds. The summed E-state index contributed by atoms with van der Waals surface area (Å²) >= 11 is 0. The highest BCUT2D eigenvalue weighted by Gasteiger charge is 2.28. The third kappa shape index (κ3) is 3.58. The van der Waals surface area contributed by atoms with Crippen molar-refractivity contribution in [3.8, 4) is 0 Å². The van der Waals surface area contributed by atoms with Gasteiger partial charge in [-0.1, -0.05) is 12.1 Å². The molecule has 0 saturated heterocycles. The Labute approximate surface area is 124 Å². The molecule has 0 heterocycles. The van der Waals surface area contributed by atoms with Crippen LogP contribution in [0.25, 0.3) is 0 Å². The molecule has 0 aliphatic heterocycles. The summed E-state index contributed by atoms with van der Waals surface area (Å²) in [5, 5.41) is 0. The normalized spacial score (nSPS) is 13.8. The van der Waals surface area contributed by atoms with Gasteiger partial charge in [-0.2, -0.15) is 0 Å². The summed E-state index contributed by atoms with van der Waals surface area (Å²) in [5.41, 5.74) is 7.33. The molecule has 21 heavy (non-hydrogen) atoms. The average Bonchev–Trinajstić information content (AvgIpc) is 2.47. The Morgan fingerprint density at radius 2 is 1.71 bits per heavy atom. The summed E-state index contributed by atoms with van der Waals surface area (Å²) < 4.78 is 26.4. The molecule has 4 heteroatoms. The zero-order valence-corrected chi connectivity index (χ0v) is 12.3. The molecule has 2 aromatic carbocycles. The van der Waals surface area contributed by atoms with Crippen LogP contribution < -0.4 is 10.6 Å². The van der Waals surface area contributed by atoms with E-state index in [1.54, 1.807) is 18.2 Å². The summed E-state index contributed by atoms with van der Waals surface area (Å²) in [4.78, 5) is 2.01. The maximum atomic E-state index is 13.3. The summed E-state index contributed by atoms with van der Waals surface area (Å²) in [6, 6.07) is 12.8. The topological polar surface area (TPSA) is 29.3 Å². The zero-order valence-electron chi connectivity index (χ0n) is 12.3. The van der Waals surface area contributed by atoms with E-state index < -0.39 is 0 Å². The fourth-order valence-electron chi connectivity index (χ4n) is 2.39. The first-order valence-corrected chi connectivity index (χ1v) is 6.88. The maximum Gasteiger partial charge on any atom is 0.123 e. The molecular weight excluding hydrogens is 270 g/mol. The van der Waals surface area contributed by atoms with Gasteiger partial charge in [-0.25, -0.2) is 8.78 Å². The van der Waals surface area contributed by atoms with Gasteiger partial charge in [-0.15, -0.1) is 0 Å². The molecule has 1 atom stereocenters. The van der Waals surface area contributed by atoms with Crippen LogP contribution in [0, 0.1) is 11.6 Å². The highest BCUT2D eigenvalue weighted by atomic mass is 19.1. The number of hydrogen-bond acceptors (Lipinski definition) is 2. The zero-order chi connectivity index (χ0) is 15.5. The molecule has 112 valence electrons. The van der Waals surface area contributed by atoms with Gasteiger partial charge in [0.05, 0.1) is 5.54 Å². The highest BCUT2D eigenvalue weighted by Crippen LogP contribution is 2.25. The van der Waals surface area contributed by atoms with Crippen molar-refractivity contribution >= 4 is 5.69 Å². The van der Waals surface area contributed by atoms with Crippen LogP contribution in [-0.4, -0.2) is 19.1 Å². The van der Waals surface area contributed by atoms with E-state index in [1.807, 2.05) is 24.9 Å². The Bertz CT molecular complexity index is 598. The first-order chi connectivity index (χ1) is 9.94. The van der Waals surface area contributed by atoms with Gasteiger partial charge in [0.1, 0.15) is 11.6 Å². The molecule has 0 spiro atoms. The van der Waals surface area contributed by atoms with Crippen LogP contribution >= 0.6 is 0 Å². The van der Waals surface area contributed by atoms with Gasteiger partial charge in [-0.3, -0.25) is 0 Å². The second kappa shape index (κ2) is 6.22. The SMILES string of the molecule is CN(c1ccc(F)cc1)C(C)(CN)Cc1cccc(F)c1. The van der Waals surface area contributed by atoms with Crippen molar-refractivity contribution in [1.29, 1.82) is 0 Å². The minimum Gasteiger partial charge on any atom is -0.368 e. The lowest BCUT2D eigenvalue weighted by Gasteiger charge is -2.40. The van der Waals surface area contributed by atoms with E-state index in [0.29, 0.717) is 13.0 Å². The van der Waals surface area contributed by atoms with E-state index in [0.717, 1.165) is 11.3 Å². The van der Waals surface area contributed by atoms with Crippen LogP contribution in [0.5, 0.6) is 0 Å². The number of nitrogens with two attached hydrogens (primary N) is 1. The molecular formula is C17H20F2N2. The minimum absolute atomic E-state index is 0.253. The number of hydrogen-bond donors (Lipinski definition) is 1. The van der Waals surface area contributed by atoms with E-state index in [4.69, 9.17) is 5.73 Å². The number of benzene rings is 2. The predicted molar refractivity (Wildman–Crippen MR) is 82.4 cm³/mol. The largest absolute Gasteiger partial charge is 0.368 e. The summed E-state index contributed by atoms with van der Waals surface area (Å²) in [6.07, 6.45) is 0.606. The van der Waals surface area contributed by atoms with E-state index in [9.17, 15) is 8.78 Å². The molecule has 2 aromatic rings. The van der Waals surface area contributed by atoms with Crippen molar-refractivity contribution in [2.75, 3.05) is 18.5 Å². The molecule has 0 aliphatic rings. The van der Waals surface area contributed by atoms with Crippen molar-refractivity contribution in [3.05, 3.63) is 65.7 Å². The van der Waals surface area contributed by atoms with Gasteiger partial charge in [0.25, 0.3) is 0 Å². The lowest BCUT2D eigenvalue weighted by molar-refractivity contribution is 0.448. The van der Waals surface area contributed by atoms with Crippen LogP contribution in [0.3, 0.4) is 0 Å². The fraction of sp³-hybridized carbons (Fsp3) is 0.294. The van der Waals surface area contributed by atoms with E-state index >= 15 is 0 Å². The Balaban J connectivity index is 2.25. The van der Waals surface area contributed by atoms with Crippen LogP contribution in [0.15, 0.2) is 48.5 Å². The van der Waals surface area contributed by atoms with Crippen molar-refractivity contribution in [3.63, 3.8) is 0 Å². The second-order valence-electron chi connectivity index (χ2n) is 5.54. The number of nitrogens with zero attached hydrogens (tertiary/aromatic N) is 1. The van der Waals surface area contributed by atoms with Crippen LogP contribution in [0.4, 0.5) is 14.5 Å². The molecule has 0 radical (unpaired) electrons. The smallest absolute Gasteiger partial charge is 0.123 e. The van der Waals surface area contributed by atoms with E-state index in [2.05, 4.69) is 0 Å². The van der Waals surface area contributed by atoms with Crippen LogP contribution in [0.1, 0.15) is 12.5 Å². The molecule has 0 bridgehead atoms. The number of likely N-dealkylation sites (N-methyl/N-ethyl adjacent to an activating group) is 1. The maximum absolute atomic E-state index is 13.3. The lowest BCUT2D eigenvalue weighted by atomic mass is 9.90. The monoisotopic (exact) mass is 290 g/mol. The first kappa shape index (κ1) is 15.4. The van der Waals surface area contributed by atoms with Crippen molar-refractivity contribution in [1.82, 2.24) is 0 Å². The van der Waals surface area contributed by atoms with Gasteiger partial charge in [0.15, 0.2) is 0 Å². The van der Waals surface area contributed by atoms with Gasteiger partial charge < -0.3 is 10.6 Å². The van der Waals surface area contributed by atoms with Gasteiger partial charge in [0.2, 0.25) is 0 Å². The first-order valence-electron chi connectivity index (χ1n) is 6.88. The van der Waals surface area contributed by atoms with E-state index in [1.165, 1.54) is 24.3 Å². The Morgan fingerprint density at radius 1 is 1.05 bits per heavy atom. The summed E-state index contributed by atoms with van der Waals surface area (Å²) in [7, 11) is 1.92. The number of rotatable bonds is 5. The van der Waals surface area contributed by atoms with Crippen molar-refractivity contribution < 1.29 is 8.78 Å². The summed E-state index contributed by atoms with van der Waals surface area (Å²) in [6.45, 7) is 2.42. The molecule has 0 fully saturated rings. The Morgan fingerprint density at radius 3 is 2.29 bits per heavy atom. The second-order valence-corrected chi connectivity index (χ2v) is 5.54. The molecule has 0 aliphatic carbocycles. The van der Waals surface area contributed by atoms with Gasteiger partial charge >= 0.3 is 0 Å². The van der Waals surface area contributed by atoms with E-state index in [-0.39, 0.29) is 17.2 Å². The Kier molecular flexibility index (Phi) is 4.58. The molecule has 2 nitrogen and oxygen atoms in total. The molecule has 2 N–H and O–H groups in total. The lowest BCUT2D eigenvalue weighted by Crippen LogP contribution is -2.51. The number of halogens is 2. The van der Waals surface area contributed by atoms with Crippen LogP contribution in [0.2, 0.25) is 0 Å². The Hall–Kier alpha value is -1.94. The predicted octanol–water partition coefficient (Wildman–Crippen LogP) is 3.36. The van der Waals surface area contributed by atoms with Gasteiger partial charge in [-0.05, 0) is 55.3 Å². The molecule has 0 aromatic heterocycles. The molecule has 2 rings (SSSR count). The van der Waals surface area contributed by atoms with Crippen molar-refractivity contribution in [2.24, 2.45) is 5.73 Å². The van der Waals surface area contributed by atoms with Crippen molar-refractivity contribution in [2.45, 2.75) is 18.9 Å². The van der Waals surface area contributed by atoms with Gasteiger partial charge in [0, 0.05) is 19.3 Å². The van der Waals surface area contributed by atoms with Crippen LogP contribution in [-0.2, 0) is 6.42 Å². The quantitative estimate of drug-likeness (QED) is 0.915. The highest BCUT2D eigenvalue weighted by molar-refractivity contribution is 5.48.